The van der Waals surface area contributed by atoms with Gasteiger partial charge in [0.1, 0.15) is 0 Å². The van der Waals surface area contributed by atoms with Crippen LogP contribution >= 0.6 is 0 Å². The van der Waals surface area contributed by atoms with E-state index in [1.807, 2.05) is 30.3 Å². The van der Waals surface area contributed by atoms with Gasteiger partial charge in [0, 0.05) is 18.0 Å². The fourth-order valence-corrected chi connectivity index (χ4v) is 3.26. The molecule has 0 bridgehead atoms. The number of hydrogen-bond acceptors (Lipinski definition) is 2. The lowest BCUT2D eigenvalue weighted by Gasteiger charge is -2.38. The van der Waals surface area contributed by atoms with Crippen LogP contribution in [0, 0.1) is 5.41 Å². The highest BCUT2D eigenvalue weighted by Gasteiger charge is 2.28. The van der Waals surface area contributed by atoms with Crippen molar-refractivity contribution in [2.24, 2.45) is 5.41 Å². The summed E-state index contributed by atoms with van der Waals surface area (Å²) >= 11 is 0. The van der Waals surface area contributed by atoms with E-state index >= 15 is 0 Å². The fourth-order valence-electron chi connectivity index (χ4n) is 3.26. The van der Waals surface area contributed by atoms with Crippen molar-refractivity contribution in [2.75, 3.05) is 13.6 Å². The summed E-state index contributed by atoms with van der Waals surface area (Å²) in [5, 5.41) is 0. The summed E-state index contributed by atoms with van der Waals surface area (Å²) in [6.45, 7) is 5.78. The van der Waals surface area contributed by atoms with Crippen LogP contribution in [-0.2, 0) is 0 Å². The zero-order valence-corrected chi connectivity index (χ0v) is 13.8. The number of hydrogen-bond donors (Lipinski definition) is 0. The van der Waals surface area contributed by atoms with Crippen LogP contribution in [0.4, 0.5) is 0 Å². The second-order valence-corrected chi connectivity index (χ2v) is 7.27. The summed E-state index contributed by atoms with van der Waals surface area (Å²) in [7, 11) is 2.22. The fraction of sp³-hybridized carbons (Fsp3) is 0.632. The predicted octanol–water partition coefficient (Wildman–Crippen LogP) is 4.55. The smallest absolute Gasteiger partial charge is 0.162 e. The first kappa shape index (κ1) is 16.2. The van der Waals surface area contributed by atoms with Gasteiger partial charge in [0.2, 0.25) is 0 Å². The van der Waals surface area contributed by atoms with Crippen molar-refractivity contribution >= 4 is 5.78 Å². The Morgan fingerprint density at radius 1 is 1.19 bits per heavy atom. The Kier molecular flexibility index (Phi) is 5.58. The summed E-state index contributed by atoms with van der Waals surface area (Å²) in [5.74, 6) is 0.272. The average Bonchev–Trinajstić information content (AvgIpc) is 2.47. The largest absolute Gasteiger partial charge is 0.303 e. The molecule has 0 amide bonds. The first-order valence-corrected chi connectivity index (χ1v) is 8.26. The van der Waals surface area contributed by atoms with Gasteiger partial charge >= 0.3 is 0 Å². The highest BCUT2D eigenvalue weighted by molar-refractivity contribution is 5.95. The maximum atomic E-state index is 12.1. The van der Waals surface area contributed by atoms with Gasteiger partial charge in [-0.1, -0.05) is 44.2 Å². The van der Waals surface area contributed by atoms with Gasteiger partial charge < -0.3 is 4.90 Å². The van der Waals surface area contributed by atoms with E-state index in [-0.39, 0.29) is 5.78 Å². The minimum Gasteiger partial charge on any atom is -0.303 e. The van der Waals surface area contributed by atoms with Crippen LogP contribution < -0.4 is 0 Å². The molecule has 1 aliphatic carbocycles. The third-order valence-electron chi connectivity index (χ3n) is 4.94. The van der Waals surface area contributed by atoms with Crippen molar-refractivity contribution in [3.63, 3.8) is 0 Å². The summed E-state index contributed by atoms with van der Waals surface area (Å²) in [4.78, 5) is 14.5. The molecular formula is C19H29NO. The van der Waals surface area contributed by atoms with Gasteiger partial charge in [0.15, 0.2) is 5.78 Å². The minimum atomic E-state index is 0.272. The van der Waals surface area contributed by atoms with E-state index in [0.717, 1.165) is 18.5 Å². The molecule has 1 aliphatic rings. The maximum Gasteiger partial charge on any atom is 0.162 e. The van der Waals surface area contributed by atoms with Crippen LogP contribution in [0.25, 0.3) is 0 Å². The Hall–Kier alpha value is -1.15. The summed E-state index contributed by atoms with van der Waals surface area (Å²) in [5.41, 5.74) is 1.38. The second-order valence-electron chi connectivity index (χ2n) is 7.27. The highest BCUT2D eigenvalue weighted by atomic mass is 16.1. The Bertz CT molecular complexity index is 442. The SMILES string of the molecule is CN(CCCC(=O)c1ccccc1)C1CCC(C)(C)CC1. The van der Waals surface area contributed by atoms with Crippen LogP contribution in [0.3, 0.4) is 0 Å². The Morgan fingerprint density at radius 3 is 2.43 bits per heavy atom. The molecule has 0 spiro atoms. The lowest BCUT2D eigenvalue weighted by Crippen LogP contribution is -2.37. The molecule has 0 unspecified atom stereocenters. The van der Waals surface area contributed by atoms with Gasteiger partial charge in [-0.25, -0.2) is 0 Å². The lowest BCUT2D eigenvalue weighted by atomic mass is 9.75. The Morgan fingerprint density at radius 2 is 1.81 bits per heavy atom. The van der Waals surface area contributed by atoms with Crippen LogP contribution in [0.1, 0.15) is 62.7 Å². The van der Waals surface area contributed by atoms with Crippen LogP contribution in [0.2, 0.25) is 0 Å². The maximum absolute atomic E-state index is 12.1. The zero-order chi connectivity index (χ0) is 15.3. The monoisotopic (exact) mass is 287 g/mol. The molecule has 2 rings (SSSR count). The number of nitrogens with zero attached hydrogens (tertiary/aromatic N) is 1. The molecule has 116 valence electrons. The molecule has 21 heavy (non-hydrogen) atoms. The quantitative estimate of drug-likeness (QED) is 0.715. The minimum absolute atomic E-state index is 0.272. The third-order valence-corrected chi connectivity index (χ3v) is 4.94. The molecule has 1 saturated carbocycles. The predicted molar refractivity (Wildman–Crippen MR) is 88.7 cm³/mol. The van der Waals surface area contributed by atoms with Gasteiger partial charge in [0.25, 0.3) is 0 Å². The van der Waals surface area contributed by atoms with E-state index < -0.39 is 0 Å². The first-order chi connectivity index (χ1) is 9.98. The molecule has 0 aromatic heterocycles. The van der Waals surface area contributed by atoms with Crippen LogP contribution in [0.15, 0.2) is 30.3 Å². The second kappa shape index (κ2) is 7.22. The Balaban J connectivity index is 1.70. The first-order valence-electron chi connectivity index (χ1n) is 8.26. The van der Waals surface area contributed by atoms with Crippen molar-refractivity contribution in [2.45, 2.75) is 58.4 Å². The normalized spacial score (nSPS) is 18.9. The van der Waals surface area contributed by atoms with E-state index in [9.17, 15) is 4.79 Å². The van der Waals surface area contributed by atoms with Gasteiger partial charge in [-0.05, 0) is 51.1 Å². The van der Waals surface area contributed by atoms with Crippen molar-refractivity contribution in [3.8, 4) is 0 Å². The number of rotatable bonds is 6. The third kappa shape index (κ3) is 4.96. The molecule has 0 radical (unpaired) electrons. The molecule has 2 nitrogen and oxygen atoms in total. The molecule has 0 atom stereocenters. The summed E-state index contributed by atoms with van der Waals surface area (Å²) < 4.78 is 0. The molecule has 1 aromatic carbocycles. The summed E-state index contributed by atoms with van der Waals surface area (Å²) in [6, 6.07) is 10.4. The topological polar surface area (TPSA) is 20.3 Å². The molecule has 1 fully saturated rings. The molecule has 0 saturated heterocycles. The van der Waals surface area contributed by atoms with Crippen LogP contribution in [0.5, 0.6) is 0 Å². The molecule has 2 heteroatoms. The summed E-state index contributed by atoms with van der Waals surface area (Å²) in [6.07, 6.45) is 6.87. The Labute approximate surface area is 129 Å². The average molecular weight is 287 g/mol. The van der Waals surface area contributed by atoms with E-state index in [2.05, 4.69) is 25.8 Å². The number of Topliss-reactive ketones (excluding diaryl/α,β-unsaturated/α-hetero) is 1. The number of benzene rings is 1. The standard InChI is InChI=1S/C19H29NO/c1-19(2)13-11-17(12-14-19)20(3)15-7-10-18(21)16-8-5-4-6-9-16/h4-6,8-9,17H,7,10-15H2,1-3H3. The van der Waals surface area contributed by atoms with Gasteiger partial charge in [0.05, 0.1) is 0 Å². The molecule has 0 heterocycles. The van der Waals surface area contributed by atoms with Crippen LogP contribution in [-0.4, -0.2) is 30.3 Å². The van der Waals surface area contributed by atoms with E-state index in [0.29, 0.717) is 17.9 Å². The number of ketones is 1. The number of carbonyl (C=O) groups excluding carboxylic acids is 1. The van der Waals surface area contributed by atoms with Crippen molar-refractivity contribution < 1.29 is 4.79 Å². The van der Waals surface area contributed by atoms with E-state index in [1.54, 1.807) is 0 Å². The van der Waals surface area contributed by atoms with Gasteiger partial charge in [-0.3, -0.25) is 4.79 Å². The zero-order valence-electron chi connectivity index (χ0n) is 13.8. The van der Waals surface area contributed by atoms with E-state index in [1.165, 1.54) is 25.7 Å². The van der Waals surface area contributed by atoms with Crippen molar-refractivity contribution in [1.82, 2.24) is 4.90 Å². The lowest BCUT2D eigenvalue weighted by molar-refractivity contribution is 0.0961. The molecule has 1 aromatic rings. The molecular weight excluding hydrogens is 258 g/mol. The molecule has 0 aliphatic heterocycles. The molecule has 0 N–H and O–H groups in total. The van der Waals surface area contributed by atoms with Gasteiger partial charge in [-0.15, -0.1) is 0 Å². The highest BCUT2D eigenvalue weighted by Crippen LogP contribution is 2.36. The van der Waals surface area contributed by atoms with Crippen molar-refractivity contribution in [1.29, 1.82) is 0 Å². The number of carbonyl (C=O) groups is 1. The van der Waals surface area contributed by atoms with Gasteiger partial charge in [-0.2, -0.15) is 0 Å². The van der Waals surface area contributed by atoms with Crippen molar-refractivity contribution in [3.05, 3.63) is 35.9 Å². The van der Waals surface area contributed by atoms with E-state index in [4.69, 9.17) is 0 Å².